The fourth-order valence-electron chi connectivity index (χ4n) is 1.93. The summed E-state index contributed by atoms with van der Waals surface area (Å²) in [7, 11) is 4.65. The maximum absolute atomic E-state index is 10.9. The van der Waals surface area contributed by atoms with Gasteiger partial charge in [0.15, 0.2) is 0 Å². The molecule has 4 nitrogen and oxygen atoms in total. The van der Waals surface area contributed by atoms with Crippen molar-refractivity contribution in [2.24, 2.45) is 0 Å². The van der Waals surface area contributed by atoms with E-state index in [9.17, 15) is 4.79 Å². The number of hydrogen-bond donors (Lipinski definition) is 0. The Bertz CT molecular complexity index is 739. The number of hydrogen-bond acceptors (Lipinski definition) is 4. The van der Waals surface area contributed by atoms with E-state index in [1.165, 1.54) is 18.7 Å². The SMILES string of the molecule is C.COC(=O)/C=C/c1ccc(OC)cc1C.COc1ccc(Br)c(C)c1. The second-order valence-corrected chi connectivity index (χ2v) is 6.05. The highest BCUT2D eigenvalue weighted by Gasteiger charge is 1.98. The van der Waals surface area contributed by atoms with Crippen LogP contribution < -0.4 is 9.47 Å². The molecule has 142 valence electrons. The van der Waals surface area contributed by atoms with Crippen molar-refractivity contribution in [3.8, 4) is 11.5 Å². The van der Waals surface area contributed by atoms with Gasteiger partial charge in [-0.3, -0.25) is 0 Å². The van der Waals surface area contributed by atoms with E-state index in [0.29, 0.717) is 0 Å². The van der Waals surface area contributed by atoms with Gasteiger partial charge in [0.25, 0.3) is 0 Å². The molecule has 5 heteroatoms. The molecule has 26 heavy (non-hydrogen) atoms. The molecule has 0 N–H and O–H groups in total. The van der Waals surface area contributed by atoms with Crippen LogP contribution in [0.1, 0.15) is 24.1 Å². The third-order valence-electron chi connectivity index (χ3n) is 3.44. The smallest absolute Gasteiger partial charge is 0.330 e. The maximum Gasteiger partial charge on any atom is 0.330 e. The average Bonchev–Trinajstić information content (AvgIpc) is 2.63. The van der Waals surface area contributed by atoms with E-state index in [4.69, 9.17) is 9.47 Å². The number of esters is 1. The van der Waals surface area contributed by atoms with Crippen LogP contribution in [0.15, 0.2) is 46.9 Å². The fraction of sp³-hybridized carbons (Fsp3) is 0.286. The summed E-state index contributed by atoms with van der Waals surface area (Å²) < 4.78 is 15.7. The molecular formula is C21H27BrO4. The first kappa shape index (κ1) is 23.7. The van der Waals surface area contributed by atoms with Gasteiger partial charge in [-0.05, 0) is 66.9 Å². The Kier molecular flexibility index (Phi) is 11.1. The number of carbonyl (C=O) groups is 1. The predicted octanol–water partition coefficient (Wildman–Crippen LogP) is 5.59. The van der Waals surface area contributed by atoms with Crippen LogP contribution in [0.2, 0.25) is 0 Å². The van der Waals surface area contributed by atoms with Crippen molar-refractivity contribution in [1.82, 2.24) is 0 Å². The van der Waals surface area contributed by atoms with Crippen molar-refractivity contribution in [2.75, 3.05) is 21.3 Å². The molecule has 0 fully saturated rings. The van der Waals surface area contributed by atoms with Crippen molar-refractivity contribution in [1.29, 1.82) is 0 Å². The Morgan fingerprint density at radius 2 is 1.46 bits per heavy atom. The van der Waals surface area contributed by atoms with Crippen LogP contribution >= 0.6 is 15.9 Å². The molecule has 2 aromatic carbocycles. The minimum atomic E-state index is -0.356. The first-order valence-electron chi connectivity index (χ1n) is 7.62. The zero-order valence-electron chi connectivity index (χ0n) is 15.1. The normalized spacial score (nSPS) is 9.62. The van der Waals surface area contributed by atoms with Gasteiger partial charge in [0, 0.05) is 10.5 Å². The number of methoxy groups -OCH3 is 3. The second kappa shape index (κ2) is 12.1. The van der Waals surface area contributed by atoms with Crippen LogP contribution in [0.25, 0.3) is 6.08 Å². The van der Waals surface area contributed by atoms with E-state index in [1.54, 1.807) is 20.3 Å². The van der Waals surface area contributed by atoms with Gasteiger partial charge in [-0.25, -0.2) is 4.79 Å². The molecule has 0 saturated carbocycles. The molecule has 0 radical (unpaired) electrons. The van der Waals surface area contributed by atoms with E-state index in [-0.39, 0.29) is 13.4 Å². The summed E-state index contributed by atoms with van der Waals surface area (Å²) >= 11 is 3.40. The number of aryl methyl sites for hydroxylation is 2. The van der Waals surface area contributed by atoms with Crippen molar-refractivity contribution in [2.45, 2.75) is 21.3 Å². The van der Waals surface area contributed by atoms with E-state index in [0.717, 1.165) is 27.1 Å². The molecule has 0 unspecified atom stereocenters. The third-order valence-corrected chi connectivity index (χ3v) is 4.33. The highest BCUT2D eigenvalue weighted by Crippen LogP contribution is 2.21. The van der Waals surface area contributed by atoms with Crippen molar-refractivity contribution in [3.63, 3.8) is 0 Å². The largest absolute Gasteiger partial charge is 0.497 e. The van der Waals surface area contributed by atoms with Crippen LogP contribution in [0.4, 0.5) is 0 Å². The molecule has 2 rings (SSSR count). The van der Waals surface area contributed by atoms with Gasteiger partial charge < -0.3 is 14.2 Å². The molecule has 0 aliphatic heterocycles. The summed E-state index contributed by atoms with van der Waals surface area (Å²) in [5.74, 6) is 1.36. The molecule has 0 heterocycles. The molecule has 0 bridgehead atoms. The lowest BCUT2D eigenvalue weighted by molar-refractivity contribution is -0.134. The quantitative estimate of drug-likeness (QED) is 0.475. The van der Waals surface area contributed by atoms with Crippen LogP contribution in [-0.2, 0) is 9.53 Å². The van der Waals surface area contributed by atoms with Crippen LogP contribution in [0, 0.1) is 13.8 Å². The number of carbonyl (C=O) groups excluding carboxylic acids is 1. The lowest BCUT2D eigenvalue weighted by atomic mass is 10.1. The Balaban J connectivity index is 0.000000497. The minimum Gasteiger partial charge on any atom is -0.497 e. The van der Waals surface area contributed by atoms with E-state index in [2.05, 4.69) is 20.7 Å². The first-order chi connectivity index (χ1) is 11.9. The number of halogens is 1. The molecular weight excluding hydrogens is 396 g/mol. The summed E-state index contributed by atoms with van der Waals surface area (Å²) in [5, 5.41) is 0. The maximum atomic E-state index is 10.9. The Hall–Kier alpha value is -2.27. The van der Waals surface area contributed by atoms with Gasteiger partial charge in [0.2, 0.25) is 0 Å². The van der Waals surface area contributed by atoms with E-state index in [1.807, 2.05) is 50.2 Å². The molecule has 0 atom stereocenters. The van der Waals surface area contributed by atoms with Gasteiger partial charge in [0.05, 0.1) is 21.3 Å². The molecule has 0 aromatic heterocycles. The molecule has 0 amide bonds. The summed E-state index contributed by atoms with van der Waals surface area (Å²) in [6.45, 7) is 3.99. The van der Waals surface area contributed by atoms with Crippen LogP contribution in [-0.4, -0.2) is 27.3 Å². The molecule has 0 saturated heterocycles. The monoisotopic (exact) mass is 422 g/mol. The highest BCUT2D eigenvalue weighted by atomic mass is 79.9. The molecule has 2 aromatic rings. The summed E-state index contributed by atoms with van der Waals surface area (Å²) in [5.41, 5.74) is 3.22. The molecule has 0 spiro atoms. The first-order valence-corrected chi connectivity index (χ1v) is 8.41. The topological polar surface area (TPSA) is 44.8 Å². The number of ether oxygens (including phenoxy) is 3. The van der Waals surface area contributed by atoms with Gasteiger partial charge in [-0.2, -0.15) is 0 Å². The Morgan fingerprint density at radius 3 is 1.92 bits per heavy atom. The Morgan fingerprint density at radius 1 is 0.923 bits per heavy atom. The lowest BCUT2D eigenvalue weighted by Crippen LogP contribution is -1.93. The summed E-state index contributed by atoms with van der Waals surface area (Å²) in [4.78, 5) is 10.9. The average molecular weight is 423 g/mol. The second-order valence-electron chi connectivity index (χ2n) is 5.19. The Labute approximate surface area is 164 Å². The van der Waals surface area contributed by atoms with Crippen LogP contribution in [0.3, 0.4) is 0 Å². The van der Waals surface area contributed by atoms with Gasteiger partial charge in [-0.1, -0.05) is 29.4 Å². The zero-order chi connectivity index (χ0) is 18.8. The predicted molar refractivity (Wildman–Crippen MR) is 111 cm³/mol. The van der Waals surface area contributed by atoms with E-state index < -0.39 is 0 Å². The lowest BCUT2D eigenvalue weighted by Gasteiger charge is -2.03. The van der Waals surface area contributed by atoms with Gasteiger partial charge in [0.1, 0.15) is 11.5 Å². The van der Waals surface area contributed by atoms with Crippen molar-refractivity contribution >= 4 is 28.0 Å². The van der Waals surface area contributed by atoms with Crippen LogP contribution in [0.5, 0.6) is 11.5 Å². The number of rotatable bonds is 4. The number of benzene rings is 2. The minimum absolute atomic E-state index is 0. The van der Waals surface area contributed by atoms with Gasteiger partial charge in [-0.15, -0.1) is 0 Å². The molecule has 0 aliphatic carbocycles. The zero-order valence-corrected chi connectivity index (χ0v) is 16.7. The van der Waals surface area contributed by atoms with E-state index >= 15 is 0 Å². The standard InChI is InChI=1S/C12H14O3.C8H9BrO.CH4/c1-9-8-11(14-2)6-4-10(9)5-7-12(13)15-3;1-6-5-7(10-2)3-4-8(6)9;/h4-8H,1-3H3;3-5H,1-2H3;1H4/b7-5+;;. The van der Waals surface area contributed by atoms with Crippen molar-refractivity contribution in [3.05, 3.63) is 63.6 Å². The third kappa shape index (κ3) is 7.74. The van der Waals surface area contributed by atoms with Gasteiger partial charge >= 0.3 is 5.97 Å². The van der Waals surface area contributed by atoms with Crippen molar-refractivity contribution < 1.29 is 19.0 Å². The summed E-state index contributed by atoms with van der Waals surface area (Å²) in [6, 6.07) is 11.6. The fourth-order valence-corrected chi connectivity index (χ4v) is 2.18. The highest BCUT2D eigenvalue weighted by molar-refractivity contribution is 9.10. The molecule has 0 aliphatic rings. The summed E-state index contributed by atoms with van der Waals surface area (Å²) in [6.07, 6.45) is 3.12.